The van der Waals surface area contributed by atoms with Gasteiger partial charge in [0.2, 0.25) is 0 Å². The molecule has 0 spiro atoms. The van der Waals surface area contributed by atoms with Crippen LogP contribution in [0.15, 0.2) is 36.2 Å². The van der Waals surface area contributed by atoms with E-state index in [0.29, 0.717) is 12.0 Å². The van der Waals surface area contributed by atoms with E-state index in [0.717, 1.165) is 23.4 Å². The van der Waals surface area contributed by atoms with Gasteiger partial charge in [-0.15, -0.1) is 0 Å². The van der Waals surface area contributed by atoms with Crippen molar-refractivity contribution in [3.05, 3.63) is 53.0 Å². The van der Waals surface area contributed by atoms with Gasteiger partial charge in [-0.2, -0.15) is 5.10 Å². The van der Waals surface area contributed by atoms with Gasteiger partial charge in [0.25, 0.3) is 0 Å². The number of aromatic nitrogens is 2. The third kappa shape index (κ3) is 3.96. The fourth-order valence-corrected chi connectivity index (χ4v) is 4.51. The molecule has 2 aromatic rings. The van der Waals surface area contributed by atoms with E-state index in [4.69, 9.17) is 9.31 Å². The molecule has 32 heavy (non-hydrogen) atoms. The molecule has 1 aromatic heterocycles. The van der Waals surface area contributed by atoms with Gasteiger partial charge in [-0.05, 0) is 74.6 Å². The van der Waals surface area contributed by atoms with Crippen molar-refractivity contribution in [1.29, 1.82) is 0 Å². The molecule has 0 saturated carbocycles. The number of hydrogen-bond acceptors (Lipinski definition) is 3. The van der Waals surface area contributed by atoms with Crippen LogP contribution in [0.2, 0.25) is 0 Å². The number of allylic oxidation sites excluding steroid dienone is 1. The molecule has 1 aromatic carbocycles. The van der Waals surface area contributed by atoms with Crippen molar-refractivity contribution in [1.82, 2.24) is 9.78 Å². The van der Waals surface area contributed by atoms with E-state index in [9.17, 15) is 0 Å². The molecule has 1 aliphatic heterocycles. The Morgan fingerprint density at radius 2 is 1.53 bits per heavy atom. The predicted octanol–water partition coefficient (Wildman–Crippen LogP) is 6.45. The molecule has 1 fully saturated rings. The van der Waals surface area contributed by atoms with Gasteiger partial charge in [0.05, 0.1) is 28.8 Å². The predicted molar refractivity (Wildman–Crippen MR) is 128 cm³/mol. The van der Waals surface area contributed by atoms with Gasteiger partial charge in [-0.3, -0.25) is 0 Å². The summed E-state index contributed by atoms with van der Waals surface area (Å²) >= 11 is 0. The summed E-state index contributed by atoms with van der Waals surface area (Å²) in [5, 5.41) is 4.68. The molecule has 0 amide bonds. The molecule has 2 heterocycles. The van der Waals surface area contributed by atoms with Crippen molar-refractivity contribution in [2.75, 3.05) is 0 Å². The molecular formula is C26H36BFN2O2. The molecule has 0 bridgehead atoms. The summed E-state index contributed by atoms with van der Waals surface area (Å²) in [6.07, 6.45) is 3.23. The smallest absolute Gasteiger partial charge is 0.398 e. The van der Waals surface area contributed by atoms with Gasteiger partial charge >= 0.3 is 7.12 Å². The highest BCUT2D eigenvalue weighted by Gasteiger charge is 2.54. The van der Waals surface area contributed by atoms with Gasteiger partial charge in [-0.1, -0.05) is 46.8 Å². The molecule has 1 aliphatic carbocycles. The largest absolute Gasteiger partial charge is 0.525 e. The lowest BCUT2D eigenvalue weighted by atomic mass is 9.70. The Balaban J connectivity index is 1.76. The van der Waals surface area contributed by atoms with Crippen molar-refractivity contribution in [3.63, 3.8) is 0 Å². The number of fused-ring (bicyclic) bond motifs is 1. The monoisotopic (exact) mass is 438 g/mol. The fraction of sp³-hybridized carbons (Fsp3) is 0.577. The summed E-state index contributed by atoms with van der Waals surface area (Å²) in [4.78, 5) is 0. The van der Waals surface area contributed by atoms with Crippen LogP contribution in [0.5, 0.6) is 0 Å². The second kappa shape index (κ2) is 7.29. The summed E-state index contributed by atoms with van der Waals surface area (Å²) in [6, 6.07) is 8.51. The maximum absolute atomic E-state index is 15.9. The zero-order valence-corrected chi connectivity index (χ0v) is 21.0. The van der Waals surface area contributed by atoms with Crippen LogP contribution < -0.4 is 0 Å². The quantitative estimate of drug-likeness (QED) is 0.506. The molecule has 6 heteroatoms. The normalized spacial score (nSPS) is 23.2. The molecule has 172 valence electrons. The summed E-state index contributed by atoms with van der Waals surface area (Å²) in [7, 11) is -0.994. The highest BCUT2D eigenvalue weighted by atomic mass is 19.1. The third-order valence-corrected chi connectivity index (χ3v) is 7.22. The number of nitrogens with zero attached hydrogens (tertiary/aromatic N) is 2. The van der Waals surface area contributed by atoms with Crippen LogP contribution >= 0.6 is 0 Å². The first-order chi connectivity index (χ1) is 14.6. The summed E-state index contributed by atoms with van der Waals surface area (Å²) in [5.74, 6) is 0. The molecule has 0 radical (unpaired) electrons. The van der Waals surface area contributed by atoms with Gasteiger partial charge in [0.15, 0.2) is 0 Å². The average molecular weight is 438 g/mol. The van der Waals surface area contributed by atoms with E-state index in [2.05, 4.69) is 64.0 Å². The summed E-state index contributed by atoms with van der Waals surface area (Å²) in [6.45, 7) is 18.7. The maximum atomic E-state index is 15.9. The van der Waals surface area contributed by atoms with Gasteiger partial charge in [0.1, 0.15) is 5.73 Å². The lowest BCUT2D eigenvalue weighted by Crippen LogP contribution is -2.41. The lowest BCUT2D eigenvalue weighted by Gasteiger charge is -2.32. The van der Waals surface area contributed by atoms with E-state index < -0.39 is 18.3 Å². The molecule has 0 atom stereocenters. The number of benzene rings is 1. The summed E-state index contributed by atoms with van der Waals surface area (Å²) in [5.41, 5.74) is 3.29. The van der Waals surface area contributed by atoms with Crippen LogP contribution in [0.3, 0.4) is 0 Å². The highest BCUT2D eigenvalue weighted by molar-refractivity contribution is 6.55. The minimum Gasteiger partial charge on any atom is -0.398 e. The first-order valence-electron chi connectivity index (χ1n) is 11.5. The number of halogens is 1. The van der Waals surface area contributed by atoms with E-state index in [1.165, 1.54) is 5.56 Å². The van der Waals surface area contributed by atoms with Crippen LogP contribution in [-0.4, -0.2) is 28.1 Å². The molecule has 0 N–H and O–H groups in total. The number of rotatable bonds is 2. The van der Waals surface area contributed by atoms with Crippen molar-refractivity contribution >= 4 is 12.7 Å². The highest BCUT2D eigenvalue weighted by Crippen LogP contribution is 2.46. The van der Waals surface area contributed by atoms with Crippen LogP contribution in [0.4, 0.5) is 4.39 Å². The van der Waals surface area contributed by atoms with E-state index >= 15 is 4.39 Å². The second-order valence-electron chi connectivity index (χ2n) is 12.1. The lowest BCUT2D eigenvalue weighted by molar-refractivity contribution is 0.00578. The van der Waals surface area contributed by atoms with E-state index in [-0.39, 0.29) is 16.6 Å². The standard InChI is InChI=1S/C26H36BFN2O2/c1-23(2,3)17-10-12-18(13-11-17)30-21-15-24(4,5)14-19(20(21)16-29-30)22(28)27-31-25(6,7)26(8,9)32-27/h10-13,16H,14-15H2,1-9H3. The maximum Gasteiger partial charge on any atom is 0.525 e. The van der Waals surface area contributed by atoms with Gasteiger partial charge in [0, 0.05) is 5.56 Å². The van der Waals surface area contributed by atoms with Crippen LogP contribution in [-0.2, 0) is 21.1 Å². The molecule has 0 unspecified atom stereocenters. The van der Waals surface area contributed by atoms with Crippen molar-refractivity contribution in [2.24, 2.45) is 5.41 Å². The van der Waals surface area contributed by atoms with Crippen LogP contribution in [0.25, 0.3) is 11.3 Å². The zero-order valence-electron chi connectivity index (χ0n) is 21.0. The van der Waals surface area contributed by atoms with Crippen molar-refractivity contribution in [3.8, 4) is 5.69 Å². The Morgan fingerprint density at radius 1 is 0.969 bits per heavy atom. The van der Waals surface area contributed by atoms with Gasteiger partial charge in [-0.25, -0.2) is 9.07 Å². The van der Waals surface area contributed by atoms with Crippen molar-refractivity contribution < 1.29 is 13.7 Å². The summed E-state index contributed by atoms with van der Waals surface area (Å²) < 4.78 is 29.9. The fourth-order valence-electron chi connectivity index (χ4n) is 4.51. The molecule has 1 saturated heterocycles. The zero-order chi connectivity index (χ0) is 23.7. The third-order valence-electron chi connectivity index (χ3n) is 7.22. The Kier molecular flexibility index (Phi) is 5.30. The molecule has 4 nitrogen and oxygen atoms in total. The molecular weight excluding hydrogens is 402 g/mol. The molecule has 4 rings (SSSR count). The topological polar surface area (TPSA) is 36.3 Å². The van der Waals surface area contributed by atoms with Crippen LogP contribution in [0, 0.1) is 5.41 Å². The Morgan fingerprint density at radius 3 is 2.06 bits per heavy atom. The number of hydrogen-bond donors (Lipinski definition) is 0. The SMILES string of the molecule is CC1(C)CC(=C(F)B2OC(C)(C)C(C)(C)O2)c2cnn(-c3ccc(C(C)(C)C)cc3)c2C1. The minimum atomic E-state index is -0.994. The Labute approximate surface area is 192 Å². The first-order valence-corrected chi connectivity index (χ1v) is 11.5. The Hall–Kier alpha value is -1.92. The minimum absolute atomic E-state index is 0.0892. The Bertz CT molecular complexity index is 1040. The van der Waals surface area contributed by atoms with E-state index in [1.54, 1.807) is 6.20 Å². The van der Waals surface area contributed by atoms with Gasteiger partial charge < -0.3 is 9.31 Å². The molecule has 2 aliphatic rings. The second-order valence-corrected chi connectivity index (χ2v) is 12.1. The average Bonchev–Trinajstić information content (AvgIpc) is 3.16. The van der Waals surface area contributed by atoms with Crippen LogP contribution in [0.1, 0.15) is 85.6 Å². The van der Waals surface area contributed by atoms with Crippen molar-refractivity contribution in [2.45, 2.75) is 91.8 Å². The van der Waals surface area contributed by atoms with E-state index in [1.807, 2.05) is 32.4 Å². The first kappa shape index (κ1) is 23.3.